The van der Waals surface area contributed by atoms with Crippen LogP contribution in [0, 0.1) is 0 Å². The van der Waals surface area contributed by atoms with E-state index in [9.17, 15) is 0 Å². The third kappa shape index (κ3) is 2.38. The second-order valence-corrected chi connectivity index (χ2v) is 6.08. The van der Waals surface area contributed by atoms with Crippen LogP contribution in [0.25, 0.3) is 10.8 Å². The molecule has 1 nitrogen and oxygen atoms in total. The molecule has 0 saturated carbocycles. The molecule has 4 rings (SSSR count). The molecular weight excluding hydrogens is 286 g/mol. The molecule has 0 amide bonds. The molecule has 0 aliphatic rings. The molecule has 0 aliphatic heterocycles. The Hall–Kier alpha value is -2.58. The van der Waals surface area contributed by atoms with Crippen LogP contribution in [-0.4, -0.2) is 0 Å². The van der Waals surface area contributed by atoms with E-state index in [4.69, 9.17) is 0 Å². The van der Waals surface area contributed by atoms with Gasteiger partial charge in [-0.2, -0.15) is 0 Å². The molecule has 0 saturated heterocycles. The minimum Gasteiger partial charge on any atom is -0.302 e. The number of anilines is 3. The van der Waals surface area contributed by atoms with Crippen molar-refractivity contribution < 1.29 is 0 Å². The van der Waals surface area contributed by atoms with Crippen LogP contribution in [0.1, 0.15) is 0 Å². The van der Waals surface area contributed by atoms with Crippen molar-refractivity contribution in [2.75, 3.05) is 4.90 Å². The van der Waals surface area contributed by atoms with Gasteiger partial charge < -0.3 is 4.90 Å². The van der Waals surface area contributed by atoms with E-state index in [0.717, 1.165) is 0 Å². The SMILES string of the molecule is c1ccc(N(c2ccc3ccccc3c2)c2cccs2)cc1. The number of nitrogens with zero attached hydrogens (tertiary/aromatic N) is 1. The first-order chi connectivity index (χ1) is 10.9. The maximum atomic E-state index is 2.30. The molecule has 0 spiro atoms. The first-order valence-electron chi connectivity index (χ1n) is 7.29. The van der Waals surface area contributed by atoms with E-state index >= 15 is 0 Å². The largest absolute Gasteiger partial charge is 0.302 e. The number of fused-ring (bicyclic) bond motifs is 1. The van der Waals surface area contributed by atoms with Crippen LogP contribution in [0.3, 0.4) is 0 Å². The van der Waals surface area contributed by atoms with Gasteiger partial charge in [0.1, 0.15) is 0 Å². The van der Waals surface area contributed by atoms with Crippen LogP contribution in [0.4, 0.5) is 16.4 Å². The zero-order chi connectivity index (χ0) is 14.8. The van der Waals surface area contributed by atoms with Crippen molar-refractivity contribution >= 4 is 38.5 Å². The van der Waals surface area contributed by atoms with E-state index < -0.39 is 0 Å². The second kappa shape index (κ2) is 5.66. The Balaban J connectivity index is 1.89. The monoisotopic (exact) mass is 301 g/mol. The predicted molar refractivity (Wildman–Crippen MR) is 96.5 cm³/mol. The number of thiophene rings is 1. The molecule has 0 N–H and O–H groups in total. The van der Waals surface area contributed by atoms with Crippen LogP contribution in [0.5, 0.6) is 0 Å². The van der Waals surface area contributed by atoms with Gasteiger partial charge in [-0.3, -0.25) is 0 Å². The van der Waals surface area contributed by atoms with Gasteiger partial charge in [0.2, 0.25) is 0 Å². The predicted octanol–water partition coefficient (Wildman–Crippen LogP) is 6.37. The summed E-state index contributed by atoms with van der Waals surface area (Å²) >= 11 is 1.75. The molecule has 106 valence electrons. The Kier molecular flexibility index (Phi) is 3.37. The minimum atomic E-state index is 1.18. The van der Waals surface area contributed by atoms with E-state index in [2.05, 4.69) is 95.2 Å². The third-order valence-electron chi connectivity index (χ3n) is 3.73. The van der Waals surface area contributed by atoms with Crippen molar-refractivity contribution in [3.05, 3.63) is 90.3 Å². The molecule has 4 aromatic rings. The van der Waals surface area contributed by atoms with Gasteiger partial charge in [-0.1, -0.05) is 48.5 Å². The highest BCUT2D eigenvalue weighted by atomic mass is 32.1. The number of hydrogen-bond donors (Lipinski definition) is 0. The fourth-order valence-corrected chi connectivity index (χ4v) is 3.46. The number of para-hydroxylation sites is 1. The smallest absolute Gasteiger partial charge is 0.0999 e. The van der Waals surface area contributed by atoms with Crippen molar-refractivity contribution in [3.8, 4) is 0 Å². The van der Waals surface area contributed by atoms with E-state index in [-0.39, 0.29) is 0 Å². The summed E-state index contributed by atoms with van der Waals surface area (Å²) in [5.74, 6) is 0. The Morgan fingerprint density at radius 3 is 2.14 bits per heavy atom. The van der Waals surface area contributed by atoms with Crippen molar-refractivity contribution in [2.24, 2.45) is 0 Å². The Morgan fingerprint density at radius 2 is 1.36 bits per heavy atom. The summed E-state index contributed by atoms with van der Waals surface area (Å²) in [6, 6.07) is 29.9. The maximum Gasteiger partial charge on any atom is 0.0999 e. The molecule has 22 heavy (non-hydrogen) atoms. The van der Waals surface area contributed by atoms with Gasteiger partial charge in [0.15, 0.2) is 0 Å². The summed E-state index contributed by atoms with van der Waals surface area (Å²) in [6.45, 7) is 0. The lowest BCUT2D eigenvalue weighted by atomic mass is 10.1. The van der Waals surface area contributed by atoms with E-state index in [1.165, 1.54) is 27.1 Å². The molecular formula is C20H15NS. The third-order valence-corrected chi connectivity index (χ3v) is 4.59. The van der Waals surface area contributed by atoms with Gasteiger partial charge in [-0.25, -0.2) is 0 Å². The van der Waals surface area contributed by atoms with Gasteiger partial charge in [0, 0.05) is 11.4 Å². The van der Waals surface area contributed by atoms with E-state index in [0.29, 0.717) is 0 Å². The van der Waals surface area contributed by atoms with Gasteiger partial charge in [-0.15, -0.1) is 11.3 Å². The molecule has 0 radical (unpaired) electrons. The highest BCUT2D eigenvalue weighted by molar-refractivity contribution is 7.14. The summed E-state index contributed by atoms with van der Waals surface area (Å²) in [6.07, 6.45) is 0. The molecule has 1 aromatic heterocycles. The molecule has 0 bridgehead atoms. The summed E-state index contributed by atoms with van der Waals surface area (Å²) < 4.78 is 0. The normalized spacial score (nSPS) is 10.7. The van der Waals surface area contributed by atoms with Crippen molar-refractivity contribution in [2.45, 2.75) is 0 Å². The molecule has 2 heteroatoms. The molecule has 1 heterocycles. The minimum absolute atomic E-state index is 1.18. The van der Waals surface area contributed by atoms with E-state index in [1.807, 2.05) is 0 Å². The van der Waals surface area contributed by atoms with E-state index in [1.54, 1.807) is 11.3 Å². The fraction of sp³-hybridized carbons (Fsp3) is 0. The molecule has 0 fully saturated rings. The van der Waals surface area contributed by atoms with Crippen LogP contribution < -0.4 is 4.90 Å². The highest BCUT2D eigenvalue weighted by Gasteiger charge is 2.12. The lowest BCUT2D eigenvalue weighted by Gasteiger charge is -2.23. The lowest BCUT2D eigenvalue weighted by Crippen LogP contribution is -2.07. The molecule has 3 aromatic carbocycles. The van der Waals surface area contributed by atoms with Crippen molar-refractivity contribution in [1.82, 2.24) is 0 Å². The average Bonchev–Trinajstić information content (AvgIpc) is 3.10. The maximum absolute atomic E-state index is 2.30. The second-order valence-electron chi connectivity index (χ2n) is 5.15. The standard InChI is InChI=1S/C20H15NS/c1-2-9-18(10-3-1)21(20-11-6-14-22-20)19-13-12-16-7-4-5-8-17(16)15-19/h1-15H. The molecule has 0 aliphatic carbocycles. The van der Waals surface area contributed by atoms with Gasteiger partial charge in [-0.05, 0) is 52.6 Å². The first kappa shape index (κ1) is 13.1. The number of rotatable bonds is 3. The number of benzene rings is 3. The summed E-state index contributed by atoms with van der Waals surface area (Å²) in [5, 5.41) is 5.87. The van der Waals surface area contributed by atoms with Crippen LogP contribution in [0.2, 0.25) is 0 Å². The summed E-state index contributed by atoms with van der Waals surface area (Å²) in [7, 11) is 0. The van der Waals surface area contributed by atoms with Crippen LogP contribution in [0.15, 0.2) is 90.3 Å². The summed E-state index contributed by atoms with van der Waals surface area (Å²) in [4.78, 5) is 2.30. The average molecular weight is 301 g/mol. The van der Waals surface area contributed by atoms with Crippen molar-refractivity contribution in [3.63, 3.8) is 0 Å². The Bertz CT molecular complexity index is 882. The van der Waals surface area contributed by atoms with Gasteiger partial charge in [0.25, 0.3) is 0 Å². The quantitative estimate of drug-likeness (QED) is 0.425. The first-order valence-corrected chi connectivity index (χ1v) is 8.17. The molecule has 0 atom stereocenters. The Labute approximate surface area is 134 Å². The fourth-order valence-electron chi connectivity index (χ4n) is 2.69. The zero-order valence-corrected chi connectivity index (χ0v) is 12.8. The lowest BCUT2D eigenvalue weighted by molar-refractivity contribution is 1.32. The topological polar surface area (TPSA) is 3.24 Å². The highest BCUT2D eigenvalue weighted by Crippen LogP contribution is 2.38. The summed E-state index contributed by atoms with van der Waals surface area (Å²) in [5.41, 5.74) is 2.37. The Morgan fingerprint density at radius 1 is 0.591 bits per heavy atom. The van der Waals surface area contributed by atoms with Gasteiger partial charge >= 0.3 is 0 Å². The van der Waals surface area contributed by atoms with Gasteiger partial charge in [0.05, 0.1) is 5.00 Å². The van der Waals surface area contributed by atoms with Crippen molar-refractivity contribution in [1.29, 1.82) is 0 Å². The van der Waals surface area contributed by atoms with Crippen LogP contribution in [-0.2, 0) is 0 Å². The number of hydrogen-bond acceptors (Lipinski definition) is 2. The molecule has 0 unspecified atom stereocenters. The van der Waals surface area contributed by atoms with Crippen LogP contribution >= 0.6 is 11.3 Å². The zero-order valence-electron chi connectivity index (χ0n) is 12.0.